The van der Waals surface area contributed by atoms with Gasteiger partial charge in [-0.1, -0.05) is 18.6 Å². The van der Waals surface area contributed by atoms with E-state index in [1.165, 1.54) is 34.8 Å². The van der Waals surface area contributed by atoms with Crippen LogP contribution in [0.1, 0.15) is 40.8 Å². The Hall–Kier alpha value is -2.50. The van der Waals surface area contributed by atoms with Crippen molar-refractivity contribution in [3.05, 3.63) is 45.8 Å². The standard InChI is InChI=1S/C21H23F2N3O2S/c1-26(12-14-6-5-7-15(10-14)28-21(22)23)13-19(27)25-20-17(11-24)16-8-3-2-4-9-18(16)29-20/h5-7,10,21H,2-4,8-9,12-13H2,1H3,(H,25,27). The summed E-state index contributed by atoms with van der Waals surface area (Å²) >= 11 is 1.51. The van der Waals surface area contributed by atoms with Gasteiger partial charge in [0.05, 0.1) is 12.1 Å². The smallest absolute Gasteiger partial charge is 0.387 e. The maximum Gasteiger partial charge on any atom is 0.387 e. The Balaban J connectivity index is 1.60. The van der Waals surface area contributed by atoms with Gasteiger partial charge in [-0.3, -0.25) is 9.69 Å². The molecular weight excluding hydrogens is 396 g/mol. The summed E-state index contributed by atoms with van der Waals surface area (Å²) in [5, 5.41) is 13.1. The van der Waals surface area contributed by atoms with Crippen LogP contribution in [0.2, 0.25) is 0 Å². The van der Waals surface area contributed by atoms with Crippen molar-refractivity contribution < 1.29 is 18.3 Å². The van der Waals surface area contributed by atoms with Gasteiger partial charge in [0.25, 0.3) is 0 Å². The maximum absolute atomic E-state index is 12.5. The van der Waals surface area contributed by atoms with Gasteiger partial charge in [0.15, 0.2) is 0 Å². The summed E-state index contributed by atoms with van der Waals surface area (Å²) < 4.78 is 29.1. The summed E-state index contributed by atoms with van der Waals surface area (Å²) in [5.41, 5.74) is 2.45. The molecule has 29 heavy (non-hydrogen) atoms. The fourth-order valence-corrected chi connectivity index (χ4v) is 4.80. The molecule has 1 aromatic carbocycles. The minimum atomic E-state index is -2.87. The molecular formula is C21H23F2N3O2S. The summed E-state index contributed by atoms with van der Waals surface area (Å²) in [5.74, 6) is -0.116. The average Bonchev–Trinajstić information content (AvgIpc) is 2.81. The number of nitrogens with zero attached hydrogens (tertiary/aromatic N) is 2. The number of alkyl halides is 2. The van der Waals surface area contributed by atoms with E-state index in [0.717, 1.165) is 36.8 Å². The first kappa shape index (κ1) is 21.2. The highest BCUT2D eigenvalue weighted by Gasteiger charge is 2.21. The molecule has 8 heteroatoms. The molecule has 3 rings (SSSR count). The maximum atomic E-state index is 12.5. The van der Waals surface area contributed by atoms with Crippen LogP contribution in [0.3, 0.4) is 0 Å². The molecule has 5 nitrogen and oxygen atoms in total. The molecule has 1 heterocycles. The predicted octanol–water partition coefficient (Wildman–Crippen LogP) is 4.56. The number of ether oxygens (including phenoxy) is 1. The molecule has 1 aliphatic carbocycles. The van der Waals surface area contributed by atoms with Gasteiger partial charge in [0.1, 0.15) is 16.8 Å². The van der Waals surface area contributed by atoms with E-state index < -0.39 is 6.61 Å². The van der Waals surface area contributed by atoms with E-state index in [1.807, 2.05) is 0 Å². The summed E-state index contributed by atoms with van der Waals surface area (Å²) in [4.78, 5) is 15.5. The van der Waals surface area contributed by atoms with Crippen LogP contribution < -0.4 is 10.1 Å². The molecule has 0 atom stereocenters. The number of carbonyl (C=O) groups excluding carboxylic acids is 1. The van der Waals surface area contributed by atoms with E-state index in [4.69, 9.17) is 0 Å². The van der Waals surface area contributed by atoms with Crippen LogP contribution in [0.15, 0.2) is 24.3 Å². The third-order valence-electron chi connectivity index (χ3n) is 4.78. The van der Waals surface area contributed by atoms with Crippen LogP contribution in [0, 0.1) is 11.3 Å². The zero-order valence-corrected chi connectivity index (χ0v) is 17.0. The van der Waals surface area contributed by atoms with Crippen LogP contribution in [0.4, 0.5) is 13.8 Å². The fourth-order valence-electron chi connectivity index (χ4n) is 3.55. The van der Waals surface area contributed by atoms with Gasteiger partial charge >= 0.3 is 6.61 Å². The Morgan fingerprint density at radius 3 is 2.90 bits per heavy atom. The Bertz CT molecular complexity index is 908. The minimum Gasteiger partial charge on any atom is -0.435 e. The largest absolute Gasteiger partial charge is 0.435 e. The molecule has 0 bridgehead atoms. The molecule has 1 amide bonds. The van der Waals surface area contributed by atoms with Crippen LogP contribution in [-0.2, 0) is 24.2 Å². The van der Waals surface area contributed by atoms with E-state index in [1.54, 1.807) is 24.1 Å². The molecule has 0 spiro atoms. The zero-order valence-electron chi connectivity index (χ0n) is 16.2. The lowest BCUT2D eigenvalue weighted by molar-refractivity contribution is -0.117. The first-order chi connectivity index (χ1) is 14.0. The Kier molecular flexibility index (Phi) is 7.18. The number of rotatable bonds is 7. The van der Waals surface area contributed by atoms with Crippen LogP contribution in [0.25, 0.3) is 0 Å². The van der Waals surface area contributed by atoms with Crippen LogP contribution in [-0.4, -0.2) is 31.0 Å². The number of aryl methyl sites for hydroxylation is 1. The molecule has 1 aromatic heterocycles. The number of hydrogen-bond acceptors (Lipinski definition) is 5. The quantitative estimate of drug-likeness (QED) is 0.668. The lowest BCUT2D eigenvalue weighted by Gasteiger charge is -2.16. The lowest BCUT2D eigenvalue weighted by atomic mass is 10.1. The number of thiophene rings is 1. The number of halogens is 2. The summed E-state index contributed by atoms with van der Waals surface area (Å²) in [6.07, 6.45) is 5.21. The second-order valence-electron chi connectivity index (χ2n) is 7.13. The van der Waals surface area contributed by atoms with E-state index in [2.05, 4.69) is 16.1 Å². The average molecular weight is 419 g/mol. The first-order valence-electron chi connectivity index (χ1n) is 9.53. The third-order valence-corrected chi connectivity index (χ3v) is 5.98. The Labute approximate surface area is 172 Å². The van der Waals surface area contributed by atoms with Gasteiger partial charge in [-0.05, 0) is 56.0 Å². The van der Waals surface area contributed by atoms with Crippen molar-refractivity contribution in [1.82, 2.24) is 4.90 Å². The van der Waals surface area contributed by atoms with Crippen molar-refractivity contribution in [2.45, 2.75) is 45.3 Å². The van der Waals surface area contributed by atoms with Gasteiger partial charge in [-0.15, -0.1) is 11.3 Å². The number of nitrogens with one attached hydrogen (secondary N) is 1. The summed E-state index contributed by atoms with van der Waals surface area (Å²) in [7, 11) is 1.77. The van der Waals surface area contributed by atoms with E-state index in [-0.39, 0.29) is 18.2 Å². The topological polar surface area (TPSA) is 65.4 Å². The number of hydrogen-bond donors (Lipinski definition) is 1. The molecule has 0 saturated carbocycles. The molecule has 154 valence electrons. The van der Waals surface area contributed by atoms with Crippen molar-refractivity contribution in [2.75, 3.05) is 18.9 Å². The van der Waals surface area contributed by atoms with Gasteiger partial charge in [-0.25, -0.2) is 0 Å². The molecule has 1 N–H and O–H groups in total. The van der Waals surface area contributed by atoms with Gasteiger partial charge in [-0.2, -0.15) is 14.0 Å². The molecule has 2 aromatic rings. The molecule has 0 fully saturated rings. The second-order valence-corrected chi connectivity index (χ2v) is 8.23. The monoisotopic (exact) mass is 419 g/mol. The van der Waals surface area contributed by atoms with Crippen LogP contribution >= 0.6 is 11.3 Å². The zero-order chi connectivity index (χ0) is 20.8. The summed E-state index contributed by atoms with van der Waals surface area (Å²) in [6, 6.07) is 8.68. The van der Waals surface area contributed by atoms with Gasteiger partial charge < -0.3 is 10.1 Å². The van der Waals surface area contributed by atoms with Crippen molar-refractivity contribution in [1.29, 1.82) is 5.26 Å². The first-order valence-corrected chi connectivity index (χ1v) is 10.3. The second kappa shape index (κ2) is 9.81. The number of anilines is 1. The molecule has 0 unspecified atom stereocenters. The number of benzene rings is 1. The van der Waals surface area contributed by atoms with Crippen LogP contribution in [0.5, 0.6) is 5.75 Å². The molecule has 1 aliphatic rings. The Morgan fingerprint density at radius 2 is 2.14 bits per heavy atom. The lowest BCUT2D eigenvalue weighted by Crippen LogP contribution is -2.29. The number of fused-ring (bicyclic) bond motifs is 1. The number of carbonyl (C=O) groups is 1. The van der Waals surface area contributed by atoms with Crippen molar-refractivity contribution in [3.8, 4) is 11.8 Å². The highest BCUT2D eigenvalue weighted by atomic mass is 32.1. The minimum absolute atomic E-state index is 0.0918. The fraction of sp³-hybridized carbons (Fsp3) is 0.429. The normalized spacial score (nSPS) is 13.7. The van der Waals surface area contributed by atoms with E-state index in [0.29, 0.717) is 17.1 Å². The van der Waals surface area contributed by atoms with Gasteiger partial charge in [0, 0.05) is 11.4 Å². The highest BCUT2D eigenvalue weighted by molar-refractivity contribution is 7.16. The van der Waals surface area contributed by atoms with Gasteiger partial charge in [0.2, 0.25) is 5.91 Å². The molecule has 0 aliphatic heterocycles. The molecule has 0 radical (unpaired) electrons. The van der Waals surface area contributed by atoms with Crippen molar-refractivity contribution >= 4 is 22.2 Å². The number of likely N-dealkylation sites (N-methyl/N-ethyl adjacent to an activating group) is 1. The molecule has 0 saturated heterocycles. The van der Waals surface area contributed by atoms with E-state index >= 15 is 0 Å². The van der Waals surface area contributed by atoms with Crippen molar-refractivity contribution in [3.63, 3.8) is 0 Å². The predicted molar refractivity (Wildman–Crippen MR) is 108 cm³/mol. The summed E-state index contributed by atoms with van der Waals surface area (Å²) in [6.45, 7) is -2.35. The Morgan fingerprint density at radius 1 is 1.34 bits per heavy atom. The third kappa shape index (κ3) is 5.75. The number of amides is 1. The van der Waals surface area contributed by atoms with E-state index in [9.17, 15) is 18.8 Å². The highest BCUT2D eigenvalue weighted by Crippen LogP contribution is 2.36. The number of nitriles is 1. The van der Waals surface area contributed by atoms with Crippen molar-refractivity contribution in [2.24, 2.45) is 0 Å². The SMILES string of the molecule is CN(CC(=O)Nc1sc2c(c1C#N)CCCCC2)Cc1cccc(OC(F)F)c1.